The third-order valence-electron chi connectivity index (χ3n) is 3.05. The van der Waals surface area contributed by atoms with E-state index < -0.39 is 15.7 Å². The number of nitrogens with zero attached hydrogens (tertiary/aromatic N) is 1. The Balaban J connectivity index is 2.64. The zero-order chi connectivity index (χ0) is 13.8. The molecule has 1 aliphatic rings. The minimum Gasteiger partial charge on any atom is -0.317 e. The molecule has 0 unspecified atom stereocenters. The van der Waals surface area contributed by atoms with Gasteiger partial charge in [-0.3, -0.25) is 0 Å². The van der Waals surface area contributed by atoms with Crippen LogP contribution in [0.15, 0.2) is 0 Å². The first-order valence-electron chi connectivity index (χ1n) is 6.74. The minimum absolute atomic E-state index is 0.430. The molecule has 0 spiro atoms. The quantitative estimate of drug-likeness (QED) is 0.786. The summed E-state index contributed by atoms with van der Waals surface area (Å²) in [5.74, 6) is 0.475. The van der Waals surface area contributed by atoms with Crippen molar-refractivity contribution >= 4 is 10.2 Å². The van der Waals surface area contributed by atoms with Gasteiger partial charge in [0.1, 0.15) is 0 Å². The van der Waals surface area contributed by atoms with Crippen molar-refractivity contribution in [3.8, 4) is 0 Å². The van der Waals surface area contributed by atoms with E-state index in [1.54, 1.807) is 4.31 Å². The van der Waals surface area contributed by atoms with Gasteiger partial charge in [-0.15, -0.1) is 0 Å². The third kappa shape index (κ3) is 5.22. The van der Waals surface area contributed by atoms with Gasteiger partial charge in [-0.2, -0.15) is 17.4 Å². The van der Waals surface area contributed by atoms with Crippen molar-refractivity contribution in [1.29, 1.82) is 0 Å². The second-order valence-corrected chi connectivity index (χ2v) is 7.67. The molecule has 0 aromatic carbocycles. The molecular weight excluding hydrogens is 250 g/mol. The van der Waals surface area contributed by atoms with Crippen LogP contribution < -0.4 is 10.0 Å². The van der Waals surface area contributed by atoms with Crippen molar-refractivity contribution in [1.82, 2.24) is 14.3 Å². The molecule has 1 heterocycles. The van der Waals surface area contributed by atoms with Crippen molar-refractivity contribution in [2.45, 2.75) is 46.1 Å². The maximum Gasteiger partial charge on any atom is 0.279 e. The Morgan fingerprint density at radius 1 is 1.28 bits per heavy atom. The molecule has 0 radical (unpaired) electrons. The first-order chi connectivity index (χ1) is 8.24. The highest BCUT2D eigenvalue weighted by Gasteiger charge is 2.28. The molecule has 0 amide bonds. The van der Waals surface area contributed by atoms with Crippen LogP contribution >= 0.6 is 0 Å². The number of piperidine rings is 1. The normalized spacial score (nSPS) is 19.4. The highest BCUT2D eigenvalue weighted by molar-refractivity contribution is 7.87. The second kappa shape index (κ2) is 6.32. The summed E-state index contributed by atoms with van der Waals surface area (Å²) < 4.78 is 28.8. The summed E-state index contributed by atoms with van der Waals surface area (Å²) in [4.78, 5) is 0. The predicted molar refractivity (Wildman–Crippen MR) is 74.6 cm³/mol. The predicted octanol–water partition coefficient (Wildman–Crippen LogP) is 0.941. The summed E-state index contributed by atoms with van der Waals surface area (Å²) in [6, 6.07) is 0. The van der Waals surface area contributed by atoms with Gasteiger partial charge in [-0.1, -0.05) is 6.92 Å². The molecule has 1 aliphatic heterocycles. The van der Waals surface area contributed by atoms with Gasteiger partial charge < -0.3 is 5.32 Å². The van der Waals surface area contributed by atoms with Crippen LogP contribution in [0.2, 0.25) is 0 Å². The molecule has 0 bridgehead atoms. The van der Waals surface area contributed by atoms with E-state index in [4.69, 9.17) is 0 Å². The average Bonchev–Trinajstić information content (AvgIpc) is 2.23. The van der Waals surface area contributed by atoms with E-state index in [9.17, 15) is 8.42 Å². The molecule has 0 aromatic rings. The summed E-state index contributed by atoms with van der Waals surface area (Å²) in [6.07, 6.45) is 2.11. The van der Waals surface area contributed by atoms with Gasteiger partial charge in [0, 0.05) is 18.6 Å². The van der Waals surface area contributed by atoms with E-state index in [1.165, 1.54) is 0 Å². The van der Waals surface area contributed by atoms with Crippen LogP contribution in [0.4, 0.5) is 0 Å². The van der Waals surface area contributed by atoms with Crippen LogP contribution in [0.1, 0.15) is 40.5 Å². The molecule has 0 aromatic heterocycles. The maximum absolute atomic E-state index is 12.3. The summed E-state index contributed by atoms with van der Waals surface area (Å²) in [5.41, 5.74) is -0.430. The smallest absolute Gasteiger partial charge is 0.279 e. The Bertz CT molecular complexity index is 343. The molecule has 1 saturated heterocycles. The molecule has 0 saturated carbocycles. The fraction of sp³-hybridized carbons (Fsp3) is 1.00. The van der Waals surface area contributed by atoms with Gasteiger partial charge in [-0.05, 0) is 52.6 Å². The van der Waals surface area contributed by atoms with E-state index in [0.29, 0.717) is 19.0 Å². The van der Waals surface area contributed by atoms with Crippen molar-refractivity contribution in [3.63, 3.8) is 0 Å². The van der Waals surface area contributed by atoms with Crippen LogP contribution in [0.25, 0.3) is 0 Å². The maximum atomic E-state index is 12.3. The van der Waals surface area contributed by atoms with Gasteiger partial charge in [0.2, 0.25) is 0 Å². The standard InChI is InChI=1S/C12H27N3O2S/c1-5-15(10-11-6-8-13-9-7-11)18(16,17)14-12(2,3)4/h11,13-14H,5-10H2,1-4H3. The highest BCUT2D eigenvalue weighted by atomic mass is 32.2. The lowest BCUT2D eigenvalue weighted by atomic mass is 9.98. The summed E-state index contributed by atoms with van der Waals surface area (Å²) in [7, 11) is -3.37. The lowest BCUT2D eigenvalue weighted by molar-refractivity contribution is 0.288. The summed E-state index contributed by atoms with van der Waals surface area (Å²) >= 11 is 0. The van der Waals surface area contributed by atoms with Gasteiger partial charge >= 0.3 is 0 Å². The van der Waals surface area contributed by atoms with Crippen LogP contribution in [-0.2, 0) is 10.2 Å². The van der Waals surface area contributed by atoms with E-state index >= 15 is 0 Å². The zero-order valence-electron chi connectivity index (χ0n) is 12.0. The fourth-order valence-electron chi connectivity index (χ4n) is 2.20. The second-order valence-electron chi connectivity index (χ2n) is 6.00. The Labute approximate surface area is 112 Å². The zero-order valence-corrected chi connectivity index (χ0v) is 12.8. The number of hydrogen-bond donors (Lipinski definition) is 2. The van der Waals surface area contributed by atoms with E-state index in [0.717, 1.165) is 25.9 Å². The van der Waals surface area contributed by atoms with Gasteiger partial charge in [-0.25, -0.2) is 0 Å². The van der Waals surface area contributed by atoms with Gasteiger partial charge in [0.15, 0.2) is 0 Å². The lowest BCUT2D eigenvalue weighted by Gasteiger charge is -2.31. The number of rotatable bonds is 5. The summed E-state index contributed by atoms with van der Waals surface area (Å²) in [5, 5.41) is 3.30. The molecule has 18 heavy (non-hydrogen) atoms. The monoisotopic (exact) mass is 277 g/mol. The first kappa shape index (κ1) is 15.9. The topological polar surface area (TPSA) is 61.4 Å². The van der Waals surface area contributed by atoms with E-state index in [2.05, 4.69) is 10.0 Å². The SMILES string of the molecule is CCN(CC1CCNCC1)S(=O)(=O)NC(C)(C)C. The molecule has 1 fully saturated rings. The largest absolute Gasteiger partial charge is 0.317 e. The first-order valence-corrected chi connectivity index (χ1v) is 8.18. The Kier molecular flexibility index (Phi) is 5.58. The molecule has 0 atom stereocenters. The Hall–Kier alpha value is -0.170. The third-order valence-corrected chi connectivity index (χ3v) is 5.01. The van der Waals surface area contributed by atoms with E-state index in [1.807, 2.05) is 27.7 Å². The lowest BCUT2D eigenvalue weighted by Crippen LogP contribution is -2.50. The van der Waals surface area contributed by atoms with Crippen molar-refractivity contribution in [2.24, 2.45) is 5.92 Å². The van der Waals surface area contributed by atoms with Gasteiger partial charge in [0.25, 0.3) is 10.2 Å². The van der Waals surface area contributed by atoms with Crippen molar-refractivity contribution in [3.05, 3.63) is 0 Å². The Morgan fingerprint density at radius 3 is 2.28 bits per heavy atom. The van der Waals surface area contributed by atoms with Gasteiger partial charge in [0.05, 0.1) is 0 Å². The van der Waals surface area contributed by atoms with Crippen LogP contribution in [0.3, 0.4) is 0 Å². The van der Waals surface area contributed by atoms with E-state index in [-0.39, 0.29) is 0 Å². The minimum atomic E-state index is -3.37. The number of nitrogens with one attached hydrogen (secondary N) is 2. The molecule has 1 rings (SSSR count). The number of hydrogen-bond acceptors (Lipinski definition) is 3. The van der Waals surface area contributed by atoms with Crippen LogP contribution in [0.5, 0.6) is 0 Å². The molecular formula is C12H27N3O2S. The highest BCUT2D eigenvalue weighted by Crippen LogP contribution is 2.16. The van der Waals surface area contributed by atoms with Crippen molar-refractivity contribution in [2.75, 3.05) is 26.2 Å². The molecule has 108 valence electrons. The molecule has 6 heteroatoms. The average molecular weight is 277 g/mol. The summed E-state index contributed by atoms with van der Waals surface area (Å²) in [6.45, 7) is 10.6. The Morgan fingerprint density at radius 2 is 1.83 bits per heavy atom. The molecule has 0 aliphatic carbocycles. The fourth-order valence-corrected chi connectivity index (χ4v) is 3.85. The van der Waals surface area contributed by atoms with Crippen LogP contribution in [0, 0.1) is 5.92 Å². The molecule has 5 nitrogen and oxygen atoms in total. The molecule has 2 N–H and O–H groups in total. The van der Waals surface area contributed by atoms with Crippen molar-refractivity contribution < 1.29 is 8.42 Å². The van der Waals surface area contributed by atoms with Crippen LogP contribution in [-0.4, -0.2) is 44.4 Å².